The van der Waals surface area contributed by atoms with E-state index in [4.69, 9.17) is 14.2 Å². The molecule has 0 amide bonds. The van der Waals surface area contributed by atoms with Gasteiger partial charge in [0.2, 0.25) is 0 Å². The van der Waals surface area contributed by atoms with Gasteiger partial charge >= 0.3 is 0 Å². The Bertz CT molecular complexity index is 348. The van der Waals surface area contributed by atoms with E-state index < -0.39 is 5.79 Å². The average Bonchev–Trinajstić information content (AvgIpc) is 2.70. The van der Waals surface area contributed by atoms with Crippen molar-refractivity contribution in [1.82, 2.24) is 0 Å². The van der Waals surface area contributed by atoms with Gasteiger partial charge in [0.05, 0.1) is 12.9 Å². The van der Waals surface area contributed by atoms with Gasteiger partial charge in [-0.05, 0) is 47.0 Å². The quantitative estimate of drug-likeness (QED) is 0.101. The van der Waals surface area contributed by atoms with E-state index in [1.54, 1.807) is 6.26 Å². The van der Waals surface area contributed by atoms with Crippen molar-refractivity contribution in [3.8, 4) is 0 Å². The van der Waals surface area contributed by atoms with Gasteiger partial charge in [-0.25, -0.2) is 0 Å². The summed E-state index contributed by atoms with van der Waals surface area (Å²) < 4.78 is 17.6. The maximum atomic E-state index is 6.13. The maximum absolute atomic E-state index is 6.13. The average molecular weight is 413 g/mol. The zero-order valence-corrected chi connectivity index (χ0v) is 20.5. The third kappa shape index (κ3) is 15.9. The van der Waals surface area contributed by atoms with Crippen LogP contribution in [0.3, 0.4) is 0 Å². The van der Waals surface area contributed by atoms with E-state index in [-0.39, 0.29) is 0 Å². The fourth-order valence-electron chi connectivity index (χ4n) is 4.14. The lowest BCUT2D eigenvalue weighted by molar-refractivity contribution is -0.254. The SMILES string of the molecule is CC=COCCCCCCCCC(CCCCCCCC)C(C)(OCC)OCC. The van der Waals surface area contributed by atoms with Gasteiger partial charge in [-0.2, -0.15) is 0 Å². The Labute approximate surface area is 183 Å². The van der Waals surface area contributed by atoms with Gasteiger partial charge in [0.15, 0.2) is 5.79 Å². The molecule has 0 aromatic rings. The van der Waals surface area contributed by atoms with Crippen molar-refractivity contribution >= 4 is 0 Å². The smallest absolute Gasteiger partial charge is 0.168 e. The van der Waals surface area contributed by atoms with E-state index in [0.29, 0.717) is 5.92 Å². The Morgan fingerprint density at radius 3 is 1.66 bits per heavy atom. The van der Waals surface area contributed by atoms with Gasteiger partial charge in [-0.3, -0.25) is 0 Å². The van der Waals surface area contributed by atoms with Gasteiger partial charge in [0.25, 0.3) is 0 Å². The molecule has 3 nitrogen and oxygen atoms in total. The molecular weight excluding hydrogens is 360 g/mol. The minimum atomic E-state index is -0.420. The first kappa shape index (κ1) is 28.5. The molecule has 174 valence electrons. The molecule has 0 saturated heterocycles. The van der Waals surface area contributed by atoms with Crippen LogP contribution in [0.2, 0.25) is 0 Å². The molecule has 1 atom stereocenters. The number of ether oxygens (including phenoxy) is 3. The molecule has 3 heteroatoms. The van der Waals surface area contributed by atoms with Crippen LogP contribution in [0.5, 0.6) is 0 Å². The lowest BCUT2D eigenvalue weighted by Crippen LogP contribution is -2.41. The molecule has 0 heterocycles. The standard InChI is InChI=1S/C26H52O3/c1-6-10-11-12-15-18-21-25(26(5,28-8-3)29-9-4)22-19-16-13-14-17-20-24-27-23-7-2/h7,23,25H,6,8-22,24H2,1-5H3. The third-order valence-electron chi connectivity index (χ3n) is 5.81. The predicted octanol–water partition coefficient (Wildman–Crippen LogP) is 8.42. The van der Waals surface area contributed by atoms with Crippen molar-refractivity contribution in [3.05, 3.63) is 12.3 Å². The van der Waals surface area contributed by atoms with E-state index >= 15 is 0 Å². The van der Waals surface area contributed by atoms with Crippen molar-refractivity contribution in [2.24, 2.45) is 5.92 Å². The lowest BCUT2D eigenvalue weighted by Gasteiger charge is -2.37. The van der Waals surface area contributed by atoms with Crippen LogP contribution in [0.25, 0.3) is 0 Å². The molecule has 0 aliphatic heterocycles. The minimum absolute atomic E-state index is 0.420. The predicted molar refractivity (Wildman–Crippen MR) is 126 cm³/mol. The summed E-state index contributed by atoms with van der Waals surface area (Å²) in [5.74, 6) is 0.0830. The van der Waals surface area contributed by atoms with Crippen LogP contribution < -0.4 is 0 Å². The maximum Gasteiger partial charge on any atom is 0.168 e. The van der Waals surface area contributed by atoms with Crippen LogP contribution in [0.1, 0.15) is 125 Å². The molecule has 0 spiro atoms. The first-order valence-electron chi connectivity index (χ1n) is 12.6. The Kier molecular flexibility index (Phi) is 20.3. The summed E-state index contributed by atoms with van der Waals surface area (Å²) >= 11 is 0. The minimum Gasteiger partial charge on any atom is -0.502 e. The second-order valence-electron chi connectivity index (χ2n) is 8.39. The summed E-state index contributed by atoms with van der Waals surface area (Å²) in [5.41, 5.74) is 0. The normalized spacial score (nSPS) is 13.3. The number of rotatable bonds is 22. The highest BCUT2D eigenvalue weighted by atomic mass is 16.7. The summed E-state index contributed by atoms with van der Waals surface area (Å²) in [7, 11) is 0. The van der Waals surface area contributed by atoms with Crippen molar-refractivity contribution < 1.29 is 14.2 Å². The van der Waals surface area contributed by atoms with E-state index in [0.717, 1.165) is 26.2 Å². The van der Waals surface area contributed by atoms with Crippen LogP contribution in [0, 0.1) is 5.92 Å². The highest BCUT2D eigenvalue weighted by Crippen LogP contribution is 2.33. The highest BCUT2D eigenvalue weighted by molar-refractivity contribution is 4.76. The zero-order valence-electron chi connectivity index (χ0n) is 20.5. The fraction of sp³-hybridized carbons (Fsp3) is 0.923. The van der Waals surface area contributed by atoms with E-state index in [1.165, 1.54) is 83.5 Å². The molecule has 0 bridgehead atoms. The summed E-state index contributed by atoms with van der Waals surface area (Å²) in [5, 5.41) is 0. The Morgan fingerprint density at radius 1 is 0.690 bits per heavy atom. The van der Waals surface area contributed by atoms with Gasteiger partial charge in [-0.15, -0.1) is 0 Å². The monoisotopic (exact) mass is 412 g/mol. The van der Waals surface area contributed by atoms with Gasteiger partial charge < -0.3 is 14.2 Å². The Hall–Kier alpha value is -0.540. The van der Waals surface area contributed by atoms with Crippen molar-refractivity contribution in [3.63, 3.8) is 0 Å². The lowest BCUT2D eigenvalue weighted by atomic mass is 9.87. The summed E-state index contributed by atoms with van der Waals surface area (Å²) in [6.07, 6.45) is 22.0. The molecule has 0 aliphatic rings. The molecule has 1 unspecified atom stereocenters. The molecule has 0 aromatic carbocycles. The molecule has 0 radical (unpaired) electrons. The topological polar surface area (TPSA) is 27.7 Å². The second-order valence-corrected chi connectivity index (χ2v) is 8.39. The van der Waals surface area contributed by atoms with Crippen LogP contribution in [-0.4, -0.2) is 25.6 Å². The fourth-order valence-corrected chi connectivity index (χ4v) is 4.14. The van der Waals surface area contributed by atoms with E-state index in [2.05, 4.69) is 27.7 Å². The number of hydrogen-bond donors (Lipinski definition) is 0. The molecule has 0 fully saturated rings. The number of unbranched alkanes of at least 4 members (excludes halogenated alkanes) is 10. The summed E-state index contributed by atoms with van der Waals surface area (Å²) in [4.78, 5) is 0. The van der Waals surface area contributed by atoms with Crippen LogP contribution >= 0.6 is 0 Å². The number of allylic oxidation sites excluding steroid dienone is 1. The third-order valence-corrected chi connectivity index (χ3v) is 5.81. The summed E-state index contributed by atoms with van der Waals surface area (Å²) in [6.45, 7) is 12.9. The van der Waals surface area contributed by atoms with Crippen molar-refractivity contribution in [2.75, 3.05) is 19.8 Å². The van der Waals surface area contributed by atoms with Gasteiger partial charge in [-0.1, -0.05) is 83.6 Å². The molecular formula is C26H52O3. The molecule has 29 heavy (non-hydrogen) atoms. The number of hydrogen-bond acceptors (Lipinski definition) is 3. The van der Waals surface area contributed by atoms with Crippen LogP contribution in [-0.2, 0) is 14.2 Å². The first-order chi connectivity index (χ1) is 14.1. The molecule has 0 aliphatic carbocycles. The zero-order chi connectivity index (χ0) is 21.6. The van der Waals surface area contributed by atoms with E-state index in [9.17, 15) is 0 Å². The first-order valence-corrected chi connectivity index (χ1v) is 12.6. The van der Waals surface area contributed by atoms with Crippen LogP contribution in [0.4, 0.5) is 0 Å². The Balaban J connectivity index is 4.22. The van der Waals surface area contributed by atoms with Crippen molar-refractivity contribution in [2.45, 2.75) is 130 Å². The summed E-state index contributed by atoms with van der Waals surface area (Å²) in [6, 6.07) is 0. The van der Waals surface area contributed by atoms with Crippen molar-refractivity contribution in [1.29, 1.82) is 0 Å². The highest BCUT2D eigenvalue weighted by Gasteiger charge is 2.34. The largest absolute Gasteiger partial charge is 0.502 e. The Morgan fingerprint density at radius 2 is 1.17 bits per heavy atom. The molecule has 0 aromatic heterocycles. The van der Waals surface area contributed by atoms with Crippen LogP contribution in [0.15, 0.2) is 12.3 Å². The van der Waals surface area contributed by atoms with E-state index in [1.807, 2.05) is 13.0 Å². The molecule has 0 N–H and O–H groups in total. The molecule has 0 rings (SSSR count). The second kappa shape index (κ2) is 20.7. The molecule has 0 saturated carbocycles. The van der Waals surface area contributed by atoms with Gasteiger partial charge in [0.1, 0.15) is 0 Å². The van der Waals surface area contributed by atoms with Gasteiger partial charge in [0, 0.05) is 19.1 Å².